The molecule has 0 bridgehead atoms. The van der Waals surface area contributed by atoms with Crippen LogP contribution in [0.15, 0.2) is 0 Å². The van der Waals surface area contributed by atoms with Crippen LogP contribution in [0.25, 0.3) is 0 Å². The van der Waals surface area contributed by atoms with Gasteiger partial charge in [-0.15, -0.1) is 0 Å². The number of likely N-dealkylation sites (N-methyl/N-ethyl adjacent to an activating group) is 1. The van der Waals surface area contributed by atoms with Crippen LogP contribution in [0.4, 0.5) is 0 Å². The summed E-state index contributed by atoms with van der Waals surface area (Å²) in [6, 6.07) is 0.434. The average Bonchev–Trinajstić information content (AvgIpc) is 2.67. The minimum absolute atomic E-state index is 0.0387. The highest BCUT2D eigenvalue weighted by molar-refractivity contribution is 5.06. The van der Waals surface area contributed by atoms with E-state index < -0.39 is 0 Å². The molecule has 3 nitrogen and oxygen atoms in total. The lowest BCUT2D eigenvalue weighted by atomic mass is 9.82. The van der Waals surface area contributed by atoms with Gasteiger partial charge in [0.25, 0.3) is 0 Å². The fourth-order valence-electron chi connectivity index (χ4n) is 4.05. The van der Waals surface area contributed by atoms with Crippen molar-refractivity contribution in [3.8, 4) is 0 Å². The smallest absolute Gasteiger partial charge is 0.0790 e. The van der Waals surface area contributed by atoms with E-state index in [9.17, 15) is 0 Å². The van der Waals surface area contributed by atoms with Gasteiger partial charge >= 0.3 is 0 Å². The molecule has 0 aliphatic carbocycles. The molecule has 0 aromatic carbocycles. The predicted molar refractivity (Wildman–Crippen MR) is 75.8 cm³/mol. The maximum absolute atomic E-state index is 6.30. The van der Waals surface area contributed by atoms with Gasteiger partial charge in [-0.05, 0) is 53.6 Å². The van der Waals surface area contributed by atoms with Gasteiger partial charge in [0.1, 0.15) is 0 Å². The van der Waals surface area contributed by atoms with Crippen molar-refractivity contribution in [3.63, 3.8) is 0 Å². The van der Waals surface area contributed by atoms with Crippen molar-refractivity contribution in [1.29, 1.82) is 0 Å². The molecule has 3 atom stereocenters. The first kappa shape index (κ1) is 14.3. The van der Waals surface area contributed by atoms with Crippen molar-refractivity contribution in [2.24, 2.45) is 11.8 Å². The zero-order chi connectivity index (χ0) is 13.6. The van der Waals surface area contributed by atoms with Crippen LogP contribution in [0, 0.1) is 11.8 Å². The minimum Gasteiger partial charge on any atom is -0.368 e. The Labute approximate surface area is 112 Å². The van der Waals surface area contributed by atoms with Crippen molar-refractivity contribution in [2.45, 2.75) is 58.3 Å². The van der Waals surface area contributed by atoms with Gasteiger partial charge in [-0.1, -0.05) is 6.92 Å². The fourth-order valence-corrected chi connectivity index (χ4v) is 4.05. The van der Waals surface area contributed by atoms with Crippen molar-refractivity contribution < 1.29 is 4.74 Å². The topological polar surface area (TPSA) is 24.5 Å². The largest absolute Gasteiger partial charge is 0.368 e. The molecule has 2 heterocycles. The number of likely N-dealkylation sites (tertiary alicyclic amines) is 1. The molecule has 2 aliphatic rings. The van der Waals surface area contributed by atoms with Gasteiger partial charge in [0.15, 0.2) is 0 Å². The van der Waals surface area contributed by atoms with Crippen LogP contribution in [-0.2, 0) is 4.74 Å². The minimum atomic E-state index is -0.0751. The SMILES string of the molecule is CNC1C(CN2CCC(C)C2)C(C)(C)OC1(C)C. The predicted octanol–water partition coefficient (Wildman–Crippen LogP) is 2.12. The van der Waals surface area contributed by atoms with Crippen LogP contribution in [0.1, 0.15) is 41.0 Å². The number of ether oxygens (including phenoxy) is 1. The van der Waals surface area contributed by atoms with Crippen molar-refractivity contribution in [2.75, 3.05) is 26.7 Å². The maximum Gasteiger partial charge on any atom is 0.0790 e. The summed E-state index contributed by atoms with van der Waals surface area (Å²) in [5.74, 6) is 1.42. The highest BCUT2D eigenvalue weighted by Gasteiger charge is 2.53. The second-order valence-electron chi connectivity index (χ2n) is 7.34. The van der Waals surface area contributed by atoms with E-state index in [-0.39, 0.29) is 11.2 Å². The summed E-state index contributed by atoms with van der Waals surface area (Å²) in [5.41, 5.74) is -0.114. The van der Waals surface area contributed by atoms with E-state index in [1.165, 1.54) is 19.5 Å². The zero-order valence-electron chi connectivity index (χ0n) is 12.9. The summed E-state index contributed by atoms with van der Waals surface area (Å²) in [6.45, 7) is 14.9. The van der Waals surface area contributed by atoms with Crippen molar-refractivity contribution in [1.82, 2.24) is 10.2 Å². The molecule has 106 valence electrons. The first-order chi connectivity index (χ1) is 8.26. The summed E-state index contributed by atoms with van der Waals surface area (Å²) in [4.78, 5) is 2.62. The molecule has 3 unspecified atom stereocenters. The zero-order valence-corrected chi connectivity index (χ0v) is 12.9. The molecule has 2 fully saturated rings. The van der Waals surface area contributed by atoms with Crippen molar-refractivity contribution >= 4 is 0 Å². The number of hydrogen-bond donors (Lipinski definition) is 1. The van der Waals surface area contributed by atoms with Gasteiger partial charge in [-0.3, -0.25) is 0 Å². The van der Waals surface area contributed by atoms with Crippen LogP contribution in [0.3, 0.4) is 0 Å². The number of hydrogen-bond acceptors (Lipinski definition) is 3. The Balaban J connectivity index is 2.09. The Morgan fingerprint density at radius 2 is 1.89 bits per heavy atom. The molecule has 0 spiro atoms. The van der Waals surface area contributed by atoms with Crippen LogP contribution < -0.4 is 5.32 Å². The third-order valence-electron chi connectivity index (χ3n) is 4.84. The maximum atomic E-state index is 6.30. The first-order valence-electron chi connectivity index (χ1n) is 7.36. The molecule has 2 saturated heterocycles. The normalized spacial score (nSPS) is 39.3. The number of nitrogens with zero attached hydrogens (tertiary/aromatic N) is 1. The summed E-state index contributed by atoms with van der Waals surface area (Å²) >= 11 is 0. The second kappa shape index (κ2) is 4.77. The highest BCUT2D eigenvalue weighted by atomic mass is 16.5. The lowest BCUT2D eigenvalue weighted by Gasteiger charge is -2.32. The Kier molecular flexibility index (Phi) is 3.79. The van der Waals surface area contributed by atoms with Crippen molar-refractivity contribution in [3.05, 3.63) is 0 Å². The van der Waals surface area contributed by atoms with E-state index in [4.69, 9.17) is 4.74 Å². The third-order valence-corrected chi connectivity index (χ3v) is 4.84. The lowest BCUT2D eigenvalue weighted by Crippen LogP contribution is -2.49. The van der Waals surface area contributed by atoms with Gasteiger partial charge in [-0.2, -0.15) is 0 Å². The Morgan fingerprint density at radius 3 is 2.39 bits per heavy atom. The molecular weight excluding hydrogens is 224 g/mol. The van der Waals surface area contributed by atoms with E-state index >= 15 is 0 Å². The Morgan fingerprint density at radius 1 is 1.22 bits per heavy atom. The number of nitrogens with one attached hydrogen (secondary N) is 1. The first-order valence-corrected chi connectivity index (χ1v) is 7.36. The van der Waals surface area contributed by atoms with E-state index in [1.54, 1.807) is 0 Å². The Bertz CT molecular complexity index is 301. The van der Waals surface area contributed by atoms with Gasteiger partial charge in [0.2, 0.25) is 0 Å². The molecule has 0 radical (unpaired) electrons. The van der Waals surface area contributed by atoms with Crippen LogP contribution in [-0.4, -0.2) is 48.8 Å². The molecule has 18 heavy (non-hydrogen) atoms. The molecule has 2 rings (SSSR count). The van der Waals surface area contributed by atoms with E-state index in [2.05, 4.69) is 51.9 Å². The third kappa shape index (κ3) is 2.59. The molecule has 0 aromatic rings. The Hall–Kier alpha value is -0.120. The standard InChI is InChI=1S/C15H30N2O/c1-11-7-8-17(9-11)10-12-13(16-6)15(4,5)18-14(12,2)3/h11-13,16H,7-10H2,1-6H3. The van der Waals surface area contributed by atoms with Gasteiger partial charge in [-0.25, -0.2) is 0 Å². The summed E-state index contributed by atoms with van der Waals surface area (Å²) in [7, 11) is 2.07. The molecular formula is C15H30N2O. The monoisotopic (exact) mass is 254 g/mol. The fraction of sp³-hybridized carbons (Fsp3) is 1.00. The molecule has 0 amide bonds. The molecule has 0 saturated carbocycles. The van der Waals surface area contributed by atoms with E-state index in [1.807, 2.05) is 0 Å². The summed E-state index contributed by atoms with van der Waals surface area (Å²) in [5, 5.41) is 3.49. The number of rotatable bonds is 3. The molecule has 1 N–H and O–H groups in total. The molecule has 0 aromatic heterocycles. The average molecular weight is 254 g/mol. The quantitative estimate of drug-likeness (QED) is 0.835. The van der Waals surface area contributed by atoms with E-state index in [0.717, 1.165) is 12.5 Å². The lowest BCUT2D eigenvalue weighted by molar-refractivity contribution is -0.0791. The summed E-state index contributed by atoms with van der Waals surface area (Å²) < 4.78 is 6.30. The highest BCUT2D eigenvalue weighted by Crippen LogP contribution is 2.42. The van der Waals surface area contributed by atoms with Gasteiger partial charge in [0, 0.05) is 25.0 Å². The summed E-state index contributed by atoms with van der Waals surface area (Å²) in [6.07, 6.45) is 1.35. The molecule has 2 aliphatic heterocycles. The van der Waals surface area contributed by atoms with Crippen LogP contribution in [0.5, 0.6) is 0 Å². The van der Waals surface area contributed by atoms with Crippen LogP contribution in [0.2, 0.25) is 0 Å². The van der Waals surface area contributed by atoms with Crippen LogP contribution >= 0.6 is 0 Å². The second-order valence-corrected chi connectivity index (χ2v) is 7.34. The molecule has 3 heteroatoms. The van der Waals surface area contributed by atoms with Gasteiger partial charge < -0.3 is 15.0 Å². The van der Waals surface area contributed by atoms with E-state index in [0.29, 0.717) is 12.0 Å². The van der Waals surface area contributed by atoms with Gasteiger partial charge in [0.05, 0.1) is 11.2 Å².